The lowest BCUT2D eigenvalue weighted by Crippen LogP contribution is -2.35. The maximum atomic E-state index is 12.9. The first kappa shape index (κ1) is 23.4. The molecule has 0 aliphatic carbocycles. The van der Waals surface area contributed by atoms with Gasteiger partial charge in [0.2, 0.25) is 11.9 Å². The van der Waals surface area contributed by atoms with Crippen LogP contribution in [0.3, 0.4) is 0 Å². The van der Waals surface area contributed by atoms with Gasteiger partial charge in [-0.25, -0.2) is 0 Å². The summed E-state index contributed by atoms with van der Waals surface area (Å²) in [6.45, 7) is 11.1. The number of hydrogen-bond acceptors (Lipinski definition) is 6. The molecular formula is C25H33N5O2S. The highest BCUT2D eigenvalue weighted by Gasteiger charge is 2.24. The highest BCUT2D eigenvalue weighted by atomic mass is 32.2. The van der Waals surface area contributed by atoms with Gasteiger partial charge in [0, 0.05) is 18.8 Å². The molecule has 0 bridgehead atoms. The maximum Gasteiger partial charge on any atom is 0.234 e. The molecule has 4 rings (SSSR count). The lowest BCUT2D eigenvalue weighted by atomic mass is 9.98. The number of hydrogen-bond donors (Lipinski definition) is 1. The second kappa shape index (κ2) is 10.5. The molecule has 0 radical (unpaired) electrons. The number of thioether (sulfide) groups is 1. The van der Waals surface area contributed by atoms with Gasteiger partial charge in [-0.05, 0) is 54.9 Å². The predicted molar refractivity (Wildman–Crippen MR) is 133 cm³/mol. The normalized spacial score (nSPS) is 14.8. The molecule has 33 heavy (non-hydrogen) atoms. The van der Waals surface area contributed by atoms with Gasteiger partial charge in [-0.3, -0.25) is 9.36 Å². The van der Waals surface area contributed by atoms with Crippen LogP contribution in [0.25, 0.3) is 0 Å². The number of aromatic nitrogens is 3. The van der Waals surface area contributed by atoms with Crippen molar-refractivity contribution in [3.05, 3.63) is 53.5 Å². The van der Waals surface area contributed by atoms with Gasteiger partial charge < -0.3 is 14.6 Å². The zero-order valence-electron chi connectivity index (χ0n) is 19.9. The Morgan fingerprint density at radius 2 is 2.00 bits per heavy atom. The summed E-state index contributed by atoms with van der Waals surface area (Å²) < 4.78 is 7.66. The van der Waals surface area contributed by atoms with Crippen LogP contribution in [0.2, 0.25) is 0 Å². The van der Waals surface area contributed by atoms with Crippen molar-refractivity contribution >= 4 is 29.3 Å². The molecule has 1 aromatic carbocycles. The number of furan rings is 1. The van der Waals surface area contributed by atoms with E-state index in [4.69, 9.17) is 4.42 Å². The third-order valence-corrected chi connectivity index (χ3v) is 7.15. The molecule has 2 aromatic heterocycles. The molecule has 0 spiro atoms. The summed E-state index contributed by atoms with van der Waals surface area (Å²) >= 11 is 1.41. The van der Waals surface area contributed by atoms with Crippen LogP contribution in [0, 0.1) is 12.8 Å². The van der Waals surface area contributed by atoms with Crippen LogP contribution in [0.1, 0.15) is 56.4 Å². The number of carbonyl (C=O) groups excluding carboxylic acids is 1. The number of piperidine rings is 1. The van der Waals surface area contributed by atoms with Crippen LogP contribution in [0.5, 0.6) is 0 Å². The minimum absolute atomic E-state index is 0.0444. The molecule has 7 nitrogen and oxygen atoms in total. The average molecular weight is 468 g/mol. The number of nitrogens with one attached hydrogen (secondary N) is 1. The Morgan fingerprint density at radius 3 is 2.70 bits per heavy atom. The minimum Gasteiger partial charge on any atom is -0.467 e. The van der Waals surface area contributed by atoms with Crippen LogP contribution >= 0.6 is 11.8 Å². The minimum atomic E-state index is -0.0444. The van der Waals surface area contributed by atoms with E-state index in [9.17, 15) is 4.79 Å². The molecule has 3 aromatic rings. The smallest absolute Gasteiger partial charge is 0.234 e. The second-order valence-electron chi connectivity index (χ2n) is 9.15. The van der Waals surface area contributed by atoms with Gasteiger partial charge >= 0.3 is 0 Å². The van der Waals surface area contributed by atoms with Crippen LogP contribution in [-0.2, 0) is 11.3 Å². The quantitative estimate of drug-likeness (QED) is 0.452. The Morgan fingerprint density at radius 1 is 1.21 bits per heavy atom. The molecule has 0 unspecified atom stereocenters. The predicted octanol–water partition coefficient (Wildman–Crippen LogP) is 5.32. The number of para-hydroxylation sites is 1. The van der Waals surface area contributed by atoms with E-state index in [0.717, 1.165) is 65.5 Å². The highest BCUT2D eigenvalue weighted by Crippen LogP contribution is 2.29. The van der Waals surface area contributed by atoms with Crippen molar-refractivity contribution in [1.29, 1.82) is 0 Å². The van der Waals surface area contributed by atoms with Gasteiger partial charge in [0.1, 0.15) is 5.76 Å². The third-order valence-electron chi connectivity index (χ3n) is 6.18. The molecule has 1 fully saturated rings. The van der Waals surface area contributed by atoms with E-state index in [0.29, 0.717) is 12.5 Å². The van der Waals surface area contributed by atoms with Gasteiger partial charge in [-0.15, -0.1) is 10.2 Å². The SMILES string of the molecule is Cc1cccc(C(C)C)c1NC(=O)CSc1nnc(N2CCC(C)CC2)n1Cc1ccco1. The van der Waals surface area contributed by atoms with E-state index in [-0.39, 0.29) is 11.7 Å². The fourth-order valence-electron chi connectivity index (χ4n) is 4.17. The van der Waals surface area contributed by atoms with E-state index < -0.39 is 0 Å². The maximum absolute atomic E-state index is 12.9. The monoisotopic (exact) mass is 467 g/mol. The van der Waals surface area contributed by atoms with Crippen molar-refractivity contribution in [3.63, 3.8) is 0 Å². The van der Waals surface area contributed by atoms with Crippen molar-refractivity contribution in [2.45, 2.75) is 58.2 Å². The molecular weight excluding hydrogens is 434 g/mol. The second-order valence-corrected chi connectivity index (χ2v) is 10.1. The summed E-state index contributed by atoms with van der Waals surface area (Å²) in [5.41, 5.74) is 3.14. The fourth-order valence-corrected chi connectivity index (χ4v) is 4.91. The number of rotatable bonds is 8. The van der Waals surface area contributed by atoms with Gasteiger partial charge in [-0.1, -0.05) is 50.7 Å². The average Bonchev–Trinajstić information content (AvgIpc) is 3.45. The first-order valence-corrected chi connectivity index (χ1v) is 12.6. The standard InChI is InChI=1S/C25H33N5O2S/c1-17(2)21-9-5-7-19(4)23(21)26-22(31)16-33-25-28-27-24(29-12-10-18(3)11-13-29)30(25)15-20-8-6-14-32-20/h5-9,14,17-18H,10-13,15-16H2,1-4H3,(H,26,31). The number of carbonyl (C=O) groups is 1. The molecule has 1 saturated heterocycles. The van der Waals surface area contributed by atoms with Gasteiger partial charge in [-0.2, -0.15) is 0 Å². The molecule has 0 saturated carbocycles. The number of nitrogens with zero attached hydrogens (tertiary/aromatic N) is 4. The highest BCUT2D eigenvalue weighted by molar-refractivity contribution is 7.99. The van der Waals surface area contributed by atoms with Crippen LogP contribution in [0.4, 0.5) is 11.6 Å². The molecule has 0 atom stereocenters. The van der Waals surface area contributed by atoms with E-state index in [1.165, 1.54) is 11.8 Å². The van der Waals surface area contributed by atoms with Crippen LogP contribution in [-0.4, -0.2) is 39.5 Å². The topological polar surface area (TPSA) is 76.2 Å². The summed E-state index contributed by atoms with van der Waals surface area (Å²) in [5, 5.41) is 12.8. The Hall–Kier alpha value is -2.74. The molecule has 8 heteroatoms. The molecule has 1 aliphatic heterocycles. The first-order chi connectivity index (χ1) is 15.9. The number of benzene rings is 1. The molecule has 176 valence electrons. The van der Waals surface area contributed by atoms with E-state index >= 15 is 0 Å². The lowest BCUT2D eigenvalue weighted by Gasteiger charge is -2.31. The van der Waals surface area contributed by atoms with Crippen molar-refractivity contribution in [2.75, 3.05) is 29.1 Å². The Balaban J connectivity index is 1.49. The molecule has 1 N–H and O–H groups in total. The summed E-state index contributed by atoms with van der Waals surface area (Å²) in [5.74, 6) is 2.98. The van der Waals surface area contributed by atoms with Crippen LogP contribution < -0.4 is 10.2 Å². The largest absolute Gasteiger partial charge is 0.467 e. The molecule has 1 amide bonds. The Bertz CT molecular complexity index is 1070. The Kier molecular flexibility index (Phi) is 7.42. The van der Waals surface area contributed by atoms with Crippen LogP contribution in [0.15, 0.2) is 46.2 Å². The van der Waals surface area contributed by atoms with Gasteiger partial charge in [0.05, 0.1) is 18.6 Å². The number of amides is 1. The zero-order valence-corrected chi connectivity index (χ0v) is 20.7. The van der Waals surface area contributed by atoms with Gasteiger partial charge in [0.25, 0.3) is 0 Å². The third kappa shape index (κ3) is 5.61. The van der Waals surface area contributed by atoms with Crippen molar-refractivity contribution < 1.29 is 9.21 Å². The number of aryl methyl sites for hydroxylation is 1. The first-order valence-electron chi connectivity index (χ1n) is 11.6. The van der Waals surface area contributed by atoms with Gasteiger partial charge in [0.15, 0.2) is 5.16 Å². The lowest BCUT2D eigenvalue weighted by molar-refractivity contribution is -0.113. The summed E-state index contributed by atoms with van der Waals surface area (Å²) in [7, 11) is 0. The fraction of sp³-hybridized carbons (Fsp3) is 0.480. The van der Waals surface area contributed by atoms with E-state index in [1.807, 2.05) is 31.2 Å². The zero-order chi connectivity index (χ0) is 23.4. The molecule has 1 aliphatic rings. The van der Waals surface area contributed by atoms with E-state index in [1.54, 1.807) is 6.26 Å². The van der Waals surface area contributed by atoms with Crippen molar-refractivity contribution in [2.24, 2.45) is 5.92 Å². The summed E-state index contributed by atoms with van der Waals surface area (Å²) in [6.07, 6.45) is 3.97. The Labute approximate surface area is 199 Å². The van der Waals surface area contributed by atoms with E-state index in [2.05, 4.69) is 51.8 Å². The molecule has 3 heterocycles. The summed E-state index contributed by atoms with van der Waals surface area (Å²) in [6, 6.07) is 9.98. The van der Waals surface area contributed by atoms with Crippen molar-refractivity contribution in [3.8, 4) is 0 Å². The number of anilines is 2. The summed E-state index contributed by atoms with van der Waals surface area (Å²) in [4.78, 5) is 15.2. The van der Waals surface area contributed by atoms with Crippen molar-refractivity contribution in [1.82, 2.24) is 14.8 Å².